The SMILES string of the molecule is [Pt+2].[c-]1c(Oc2[c-]c3c(cc2)c2ccccc2n2c4ccccc4nc32)ccc2c1c1nccn1c1c2ccc2c1c1ccccc1n2-c1ccccc1. The van der Waals surface area contributed by atoms with Crippen LogP contribution in [0.2, 0.25) is 0 Å². The summed E-state index contributed by atoms with van der Waals surface area (Å²) in [6, 6.07) is 55.8. The summed E-state index contributed by atoms with van der Waals surface area (Å²) in [5, 5.41) is 8.62. The van der Waals surface area contributed by atoms with E-state index in [4.69, 9.17) is 14.7 Å². The number of rotatable bonds is 3. The molecule has 0 N–H and O–H groups in total. The third-order valence-electron chi connectivity index (χ3n) is 10.5. The molecule has 0 saturated carbocycles. The van der Waals surface area contributed by atoms with Crippen LogP contribution in [0.25, 0.3) is 93.2 Å². The zero-order valence-corrected chi connectivity index (χ0v) is 30.2. The molecule has 0 unspecified atom stereocenters. The van der Waals surface area contributed by atoms with E-state index in [0.29, 0.717) is 11.5 Å². The van der Waals surface area contributed by atoms with Gasteiger partial charge < -0.3 is 18.1 Å². The Bertz CT molecular complexity index is 3450. The Morgan fingerprint density at radius 1 is 0.509 bits per heavy atom. The number of ether oxygens (including phenoxy) is 1. The van der Waals surface area contributed by atoms with E-state index in [0.717, 1.165) is 76.9 Å². The Kier molecular flexibility index (Phi) is 6.40. The van der Waals surface area contributed by atoms with Gasteiger partial charge in [0, 0.05) is 51.4 Å². The molecule has 0 fully saturated rings. The van der Waals surface area contributed by atoms with Crippen LogP contribution in [0.1, 0.15) is 0 Å². The number of nitrogens with zero attached hydrogens (tertiary/aromatic N) is 5. The van der Waals surface area contributed by atoms with Gasteiger partial charge in [-0.15, -0.1) is 12.1 Å². The minimum Gasteiger partial charge on any atom is -0.497 e. The molecule has 0 aliphatic heterocycles. The van der Waals surface area contributed by atoms with Crippen LogP contribution in [0.3, 0.4) is 0 Å². The predicted octanol–water partition coefficient (Wildman–Crippen LogP) is 11.2. The Hall–Kier alpha value is -6.49. The van der Waals surface area contributed by atoms with E-state index < -0.39 is 0 Å². The number of benzene rings is 7. The second kappa shape index (κ2) is 11.3. The average Bonchev–Trinajstić information content (AvgIpc) is 3.93. The molecule has 12 rings (SSSR count). The van der Waals surface area contributed by atoms with E-state index in [2.05, 4.69) is 147 Å². The van der Waals surface area contributed by atoms with Crippen LogP contribution in [0.5, 0.6) is 11.5 Å². The van der Waals surface area contributed by atoms with Crippen molar-refractivity contribution in [3.63, 3.8) is 0 Å². The summed E-state index contributed by atoms with van der Waals surface area (Å²) in [4.78, 5) is 9.93. The van der Waals surface area contributed by atoms with Gasteiger partial charge in [-0.05, 0) is 53.2 Å². The number of imidazole rings is 2. The van der Waals surface area contributed by atoms with E-state index in [1.165, 1.54) is 16.3 Å². The molecule has 7 heteroatoms. The summed E-state index contributed by atoms with van der Waals surface area (Å²) in [5.41, 5.74) is 9.38. The third-order valence-corrected chi connectivity index (χ3v) is 10.5. The van der Waals surface area contributed by atoms with Crippen molar-refractivity contribution in [2.24, 2.45) is 0 Å². The molecule has 0 saturated heterocycles. The van der Waals surface area contributed by atoms with E-state index in [-0.39, 0.29) is 21.1 Å². The number of para-hydroxylation sites is 5. The van der Waals surface area contributed by atoms with Gasteiger partial charge in [0.25, 0.3) is 0 Å². The first-order chi connectivity index (χ1) is 25.8. The number of aromatic nitrogens is 5. The monoisotopic (exact) mass is 858 g/mol. The first-order valence-corrected chi connectivity index (χ1v) is 17.3. The smallest absolute Gasteiger partial charge is 0.497 e. The van der Waals surface area contributed by atoms with Crippen molar-refractivity contribution >= 4 is 87.5 Å². The first-order valence-electron chi connectivity index (χ1n) is 17.3. The van der Waals surface area contributed by atoms with Crippen LogP contribution in [0.4, 0.5) is 0 Å². The quantitative estimate of drug-likeness (QED) is 0.131. The molecule has 250 valence electrons. The van der Waals surface area contributed by atoms with Crippen molar-refractivity contribution in [3.8, 4) is 17.2 Å². The van der Waals surface area contributed by atoms with Gasteiger partial charge in [-0.3, -0.25) is 9.97 Å². The Labute approximate surface area is 316 Å². The maximum Gasteiger partial charge on any atom is 2.00 e. The molecule has 0 atom stereocenters. The van der Waals surface area contributed by atoms with Crippen LogP contribution < -0.4 is 4.74 Å². The molecule has 5 heterocycles. The first kappa shape index (κ1) is 30.2. The second-order valence-electron chi connectivity index (χ2n) is 13.3. The molecule has 7 aromatic carbocycles. The minimum atomic E-state index is 0. The summed E-state index contributed by atoms with van der Waals surface area (Å²) >= 11 is 0. The van der Waals surface area contributed by atoms with E-state index in [1.807, 2.05) is 30.6 Å². The summed E-state index contributed by atoms with van der Waals surface area (Å²) in [7, 11) is 0. The summed E-state index contributed by atoms with van der Waals surface area (Å²) in [5.74, 6) is 1.20. The molecule has 53 heavy (non-hydrogen) atoms. The topological polar surface area (TPSA) is 48.8 Å². The van der Waals surface area contributed by atoms with Gasteiger partial charge in [-0.2, -0.15) is 0 Å². The van der Waals surface area contributed by atoms with Crippen LogP contribution in [-0.4, -0.2) is 23.3 Å². The molecule has 12 aromatic rings. The normalized spacial score (nSPS) is 12.0. The molecule has 6 nitrogen and oxygen atoms in total. The van der Waals surface area contributed by atoms with Gasteiger partial charge in [0.05, 0.1) is 33.4 Å². The molecule has 5 aromatic heterocycles. The molecule has 0 aliphatic carbocycles. The molecular weight excluding hydrogens is 834 g/mol. The Morgan fingerprint density at radius 3 is 1.96 bits per heavy atom. The van der Waals surface area contributed by atoms with Gasteiger partial charge in [0.1, 0.15) is 0 Å². The van der Waals surface area contributed by atoms with Gasteiger partial charge in [-0.1, -0.05) is 119 Å². The largest absolute Gasteiger partial charge is 2.00 e. The maximum atomic E-state index is 6.56. The number of pyridine rings is 2. The molecule has 0 amide bonds. The van der Waals surface area contributed by atoms with Gasteiger partial charge in [0.15, 0.2) is 0 Å². The van der Waals surface area contributed by atoms with Gasteiger partial charge >= 0.3 is 21.1 Å². The van der Waals surface area contributed by atoms with E-state index in [1.54, 1.807) is 0 Å². The Morgan fingerprint density at radius 2 is 1.15 bits per heavy atom. The van der Waals surface area contributed by atoms with Crippen LogP contribution in [0.15, 0.2) is 152 Å². The summed E-state index contributed by atoms with van der Waals surface area (Å²) in [6.07, 6.45) is 3.92. The summed E-state index contributed by atoms with van der Waals surface area (Å²) < 4.78 is 13.3. The fourth-order valence-electron chi connectivity index (χ4n) is 8.36. The fourth-order valence-corrected chi connectivity index (χ4v) is 8.36. The van der Waals surface area contributed by atoms with Gasteiger partial charge in [-0.25, -0.2) is 0 Å². The molecular formula is C46H25N5OPt. The summed E-state index contributed by atoms with van der Waals surface area (Å²) in [6.45, 7) is 0. The standard InChI is InChI=1S/C46H25N5O.Pt/c1-2-10-28(11-3-1)50-40-16-8-5-13-35(40)43-42(50)23-22-34-32-21-19-29(26-36(32)45-47-24-25-49(45)44(34)43)52-30-18-20-31-33-12-4-7-15-39(33)51-41-17-9-6-14-38(41)48-46(51)37(31)27-30;/h1-25H;/q-2;+2. The van der Waals surface area contributed by atoms with Crippen LogP contribution >= 0.6 is 0 Å². The Balaban J connectivity index is 0.00000331. The zero-order valence-electron chi connectivity index (χ0n) is 27.9. The number of hydrogen-bond acceptors (Lipinski definition) is 3. The van der Waals surface area contributed by atoms with Crippen molar-refractivity contribution in [1.29, 1.82) is 0 Å². The molecule has 0 spiro atoms. The fraction of sp³-hybridized carbons (Fsp3) is 0. The third kappa shape index (κ3) is 4.18. The molecule has 0 radical (unpaired) electrons. The van der Waals surface area contributed by atoms with Crippen LogP contribution in [-0.2, 0) is 21.1 Å². The molecule has 0 bridgehead atoms. The average molecular weight is 859 g/mol. The van der Waals surface area contributed by atoms with Crippen molar-refractivity contribution < 1.29 is 25.8 Å². The van der Waals surface area contributed by atoms with Gasteiger partial charge in [0.2, 0.25) is 0 Å². The second-order valence-corrected chi connectivity index (χ2v) is 13.3. The maximum absolute atomic E-state index is 6.56. The zero-order chi connectivity index (χ0) is 33.9. The minimum absolute atomic E-state index is 0. The van der Waals surface area contributed by atoms with E-state index >= 15 is 0 Å². The van der Waals surface area contributed by atoms with E-state index in [9.17, 15) is 0 Å². The number of hydrogen-bond donors (Lipinski definition) is 0. The van der Waals surface area contributed by atoms with Crippen molar-refractivity contribution in [2.45, 2.75) is 0 Å². The number of fused-ring (bicyclic) bond motifs is 18. The van der Waals surface area contributed by atoms with Crippen molar-refractivity contribution in [2.75, 3.05) is 0 Å². The predicted molar refractivity (Wildman–Crippen MR) is 210 cm³/mol. The van der Waals surface area contributed by atoms with Crippen LogP contribution in [0, 0.1) is 12.1 Å². The molecule has 0 aliphatic rings. The van der Waals surface area contributed by atoms with Crippen molar-refractivity contribution in [1.82, 2.24) is 23.3 Å². The van der Waals surface area contributed by atoms with Crippen molar-refractivity contribution in [3.05, 3.63) is 164 Å².